The number of likely N-dealkylation sites (tertiary alicyclic amines) is 1. The third-order valence-corrected chi connectivity index (χ3v) is 4.03. The van der Waals surface area contributed by atoms with Gasteiger partial charge in [-0.2, -0.15) is 0 Å². The second-order valence-electron chi connectivity index (χ2n) is 5.81. The number of aryl methyl sites for hydroxylation is 1. The van der Waals surface area contributed by atoms with E-state index in [0.717, 1.165) is 24.9 Å². The Morgan fingerprint density at radius 2 is 2.17 bits per heavy atom. The standard InChI is InChI=1S/C18H27NO4/c1-4-22-15-6-5-10-19(13-15)18(20)9-11-23-16-8-7-14(2)12-17(16)21-3/h7-8,12,15H,4-6,9-11,13H2,1-3H3/t15-/m0/s1. The molecule has 0 N–H and O–H groups in total. The van der Waals surface area contributed by atoms with Crippen LogP contribution in [0.4, 0.5) is 0 Å². The van der Waals surface area contributed by atoms with Gasteiger partial charge in [0.25, 0.3) is 0 Å². The fraction of sp³-hybridized carbons (Fsp3) is 0.611. The molecule has 5 nitrogen and oxygen atoms in total. The highest BCUT2D eigenvalue weighted by atomic mass is 16.5. The maximum absolute atomic E-state index is 12.3. The summed E-state index contributed by atoms with van der Waals surface area (Å²) in [6.45, 7) is 6.55. The monoisotopic (exact) mass is 321 g/mol. The zero-order valence-electron chi connectivity index (χ0n) is 14.3. The van der Waals surface area contributed by atoms with Gasteiger partial charge in [0.1, 0.15) is 0 Å². The molecule has 1 aliphatic heterocycles. The Labute approximate surface area is 138 Å². The average molecular weight is 321 g/mol. The highest BCUT2D eigenvalue weighted by molar-refractivity contribution is 5.76. The van der Waals surface area contributed by atoms with Crippen molar-refractivity contribution in [1.29, 1.82) is 0 Å². The van der Waals surface area contributed by atoms with Gasteiger partial charge in [0.15, 0.2) is 11.5 Å². The molecule has 1 atom stereocenters. The molecule has 1 fully saturated rings. The zero-order chi connectivity index (χ0) is 16.7. The van der Waals surface area contributed by atoms with E-state index in [1.807, 2.05) is 36.9 Å². The summed E-state index contributed by atoms with van der Waals surface area (Å²) in [5, 5.41) is 0. The molecule has 5 heteroatoms. The number of hydrogen-bond donors (Lipinski definition) is 0. The van der Waals surface area contributed by atoms with E-state index in [1.54, 1.807) is 7.11 Å². The van der Waals surface area contributed by atoms with E-state index in [2.05, 4.69) is 0 Å². The first-order valence-corrected chi connectivity index (χ1v) is 8.30. The molecule has 0 radical (unpaired) electrons. The van der Waals surface area contributed by atoms with E-state index >= 15 is 0 Å². The number of hydrogen-bond acceptors (Lipinski definition) is 4. The number of piperidine rings is 1. The third-order valence-electron chi connectivity index (χ3n) is 4.03. The van der Waals surface area contributed by atoms with Crippen molar-refractivity contribution in [2.45, 2.75) is 39.2 Å². The predicted molar refractivity (Wildman–Crippen MR) is 89.1 cm³/mol. The van der Waals surface area contributed by atoms with Crippen LogP contribution in [0.1, 0.15) is 31.7 Å². The zero-order valence-corrected chi connectivity index (χ0v) is 14.3. The fourth-order valence-corrected chi connectivity index (χ4v) is 2.84. The lowest BCUT2D eigenvalue weighted by molar-refractivity contribution is -0.135. The smallest absolute Gasteiger partial charge is 0.226 e. The number of nitrogens with zero attached hydrogens (tertiary/aromatic N) is 1. The fourth-order valence-electron chi connectivity index (χ4n) is 2.84. The highest BCUT2D eigenvalue weighted by Crippen LogP contribution is 2.27. The topological polar surface area (TPSA) is 48.0 Å². The lowest BCUT2D eigenvalue weighted by Gasteiger charge is -2.32. The second-order valence-corrected chi connectivity index (χ2v) is 5.81. The van der Waals surface area contributed by atoms with Gasteiger partial charge in [0.2, 0.25) is 5.91 Å². The molecule has 0 spiro atoms. The van der Waals surface area contributed by atoms with Crippen LogP contribution < -0.4 is 9.47 Å². The highest BCUT2D eigenvalue weighted by Gasteiger charge is 2.23. The van der Waals surface area contributed by atoms with E-state index in [-0.39, 0.29) is 12.0 Å². The third kappa shape index (κ3) is 5.13. The molecule has 23 heavy (non-hydrogen) atoms. The Hall–Kier alpha value is -1.75. The van der Waals surface area contributed by atoms with Crippen molar-refractivity contribution in [1.82, 2.24) is 4.90 Å². The summed E-state index contributed by atoms with van der Waals surface area (Å²) in [6.07, 6.45) is 2.59. The lowest BCUT2D eigenvalue weighted by Crippen LogP contribution is -2.43. The minimum absolute atomic E-state index is 0.125. The van der Waals surface area contributed by atoms with E-state index in [1.165, 1.54) is 0 Å². The van der Waals surface area contributed by atoms with Gasteiger partial charge < -0.3 is 19.1 Å². The molecule has 0 bridgehead atoms. The maximum atomic E-state index is 12.3. The number of carbonyl (C=O) groups is 1. The number of carbonyl (C=O) groups excluding carboxylic acids is 1. The number of benzene rings is 1. The van der Waals surface area contributed by atoms with Crippen LogP contribution in [-0.2, 0) is 9.53 Å². The van der Waals surface area contributed by atoms with Gasteiger partial charge in [-0.15, -0.1) is 0 Å². The normalized spacial score (nSPS) is 17.9. The number of ether oxygens (including phenoxy) is 3. The van der Waals surface area contributed by atoms with Crippen LogP contribution in [0.5, 0.6) is 11.5 Å². The van der Waals surface area contributed by atoms with Gasteiger partial charge in [0.05, 0.1) is 26.2 Å². The van der Waals surface area contributed by atoms with Gasteiger partial charge in [-0.1, -0.05) is 6.07 Å². The molecular formula is C18H27NO4. The molecule has 0 unspecified atom stereocenters. The quantitative estimate of drug-likeness (QED) is 0.775. The van der Waals surface area contributed by atoms with Crippen LogP contribution >= 0.6 is 0 Å². The van der Waals surface area contributed by atoms with Crippen molar-refractivity contribution >= 4 is 5.91 Å². The van der Waals surface area contributed by atoms with Crippen molar-refractivity contribution in [2.75, 3.05) is 33.4 Å². The average Bonchev–Trinajstić information content (AvgIpc) is 2.56. The van der Waals surface area contributed by atoms with Crippen LogP contribution in [0.15, 0.2) is 18.2 Å². The predicted octanol–water partition coefficient (Wildman–Crippen LogP) is 2.80. The van der Waals surface area contributed by atoms with E-state index < -0.39 is 0 Å². The number of amides is 1. The van der Waals surface area contributed by atoms with Gasteiger partial charge in [0, 0.05) is 19.7 Å². The van der Waals surface area contributed by atoms with Crippen LogP contribution in [0.25, 0.3) is 0 Å². The molecule has 128 valence electrons. The lowest BCUT2D eigenvalue weighted by atomic mass is 10.1. The van der Waals surface area contributed by atoms with Crippen LogP contribution in [0.3, 0.4) is 0 Å². The second kappa shape index (κ2) is 8.77. The van der Waals surface area contributed by atoms with Crippen LogP contribution in [0, 0.1) is 6.92 Å². The summed E-state index contributed by atoms with van der Waals surface area (Å²) < 4.78 is 16.7. The van der Waals surface area contributed by atoms with E-state index in [0.29, 0.717) is 37.7 Å². The Morgan fingerprint density at radius 1 is 1.35 bits per heavy atom. The summed E-state index contributed by atoms with van der Waals surface area (Å²) in [5.74, 6) is 1.50. The summed E-state index contributed by atoms with van der Waals surface area (Å²) in [5.41, 5.74) is 1.11. The SMILES string of the molecule is CCO[C@H]1CCCN(C(=O)CCOc2ccc(C)cc2OC)C1. The molecule has 0 aliphatic carbocycles. The first-order valence-electron chi connectivity index (χ1n) is 8.30. The minimum Gasteiger partial charge on any atom is -0.493 e. The van der Waals surface area contributed by atoms with E-state index in [4.69, 9.17) is 14.2 Å². The Bertz CT molecular complexity index is 516. The molecule has 1 aromatic rings. The van der Waals surface area contributed by atoms with Gasteiger partial charge in [-0.3, -0.25) is 4.79 Å². The van der Waals surface area contributed by atoms with Crippen LogP contribution in [0.2, 0.25) is 0 Å². The van der Waals surface area contributed by atoms with Crippen molar-refractivity contribution in [3.63, 3.8) is 0 Å². The molecule has 0 saturated carbocycles. The Kier molecular flexibility index (Phi) is 6.71. The number of rotatable bonds is 7. The van der Waals surface area contributed by atoms with Crippen LogP contribution in [-0.4, -0.2) is 50.3 Å². The molecule has 1 aromatic carbocycles. The number of methoxy groups -OCH3 is 1. The molecule has 0 aromatic heterocycles. The summed E-state index contributed by atoms with van der Waals surface area (Å²) in [6, 6.07) is 5.77. The van der Waals surface area contributed by atoms with Gasteiger partial charge in [-0.25, -0.2) is 0 Å². The van der Waals surface area contributed by atoms with Crippen molar-refractivity contribution in [3.8, 4) is 11.5 Å². The molecule has 1 amide bonds. The molecular weight excluding hydrogens is 294 g/mol. The van der Waals surface area contributed by atoms with Gasteiger partial charge >= 0.3 is 0 Å². The summed E-state index contributed by atoms with van der Waals surface area (Å²) in [7, 11) is 1.62. The summed E-state index contributed by atoms with van der Waals surface area (Å²) in [4.78, 5) is 14.2. The Morgan fingerprint density at radius 3 is 2.91 bits per heavy atom. The van der Waals surface area contributed by atoms with Gasteiger partial charge in [-0.05, 0) is 44.4 Å². The van der Waals surface area contributed by atoms with Crippen molar-refractivity contribution < 1.29 is 19.0 Å². The molecule has 1 saturated heterocycles. The molecule has 1 heterocycles. The maximum Gasteiger partial charge on any atom is 0.226 e. The largest absolute Gasteiger partial charge is 0.493 e. The summed E-state index contributed by atoms with van der Waals surface area (Å²) >= 11 is 0. The Balaban J connectivity index is 1.80. The first-order chi connectivity index (χ1) is 11.1. The van der Waals surface area contributed by atoms with E-state index in [9.17, 15) is 4.79 Å². The molecule has 1 aliphatic rings. The molecule has 2 rings (SSSR count). The first kappa shape index (κ1) is 17.6. The van der Waals surface area contributed by atoms with Crippen molar-refractivity contribution in [3.05, 3.63) is 23.8 Å². The minimum atomic E-state index is 0.125. The van der Waals surface area contributed by atoms with Crippen molar-refractivity contribution in [2.24, 2.45) is 0 Å².